The van der Waals surface area contributed by atoms with Crippen LogP contribution in [0.2, 0.25) is 0 Å². The highest BCUT2D eigenvalue weighted by Gasteiger charge is 2.11. The molecule has 1 aromatic rings. The lowest BCUT2D eigenvalue weighted by atomic mass is 10.2. The minimum atomic E-state index is 0.823. The van der Waals surface area contributed by atoms with Gasteiger partial charge in [-0.25, -0.2) is 4.98 Å². The molecule has 90 valence electrons. The molecule has 2 rings (SSSR count). The van der Waals surface area contributed by atoms with Gasteiger partial charge in [0.15, 0.2) is 0 Å². The van der Waals surface area contributed by atoms with E-state index in [0.29, 0.717) is 0 Å². The van der Waals surface area contributed by atoms with Crippen molar-refractivity contribution >= 4 is 21.6 Å². The maximum atomic E-state index is 4.36. The number of nitrogens with one attached hydrogen (secondary N) is 1. The van der Waals surface area contributed by atoms with Crippen molar-refractivity contribution < 1.29 is 0 Å². The van der Waals surface area contributed by atoms with Crippen LogP contribution in [0.15, 0.2) is 16.9 Å². The van der Waals surface area contributed by atoms with Gasteiger partial charge in [-0.3, -0.25) is 0 Å². The van der Waals surface area contributed by atoms with Crippen LogP contribution >= 0.6 is 15.9 Å². The Morgan fingerprint density at radius 2 is 2.29 bits per heavy atom. The van der Waals surface area contributed by atoms with E-state index in [2.05, 4.69) is 49.0 Å². The first-order chi connectivity index (χ1) is 8.31. The molecule has 3 nitrogen and oxygen atoms in total. The molecular weight excluding hydrogens is 278 g/mol. The first kappa shape index (κ1) is 12.4. The monoisotopic (exact) mass is 293 g/mol. The smallest absolute Gasteiger partial charge is 0.121 e. The third-order valence-corrected chi connectivity index (χ3v) is 3.42. The predicted molar refractivity (Wildman–Crippen MR) is 74.2 cm³/mol. The first-order valence-corrected chi connectivity index (χ1v) is 6.64. The molecule has 0 aliphatic carbocycles. The molecule has 0 saturated carbocycles. The predicted octanol–water partition coefficient (Wildman–Crippen LogP) is 2.02. The molecule has 0 amide bonds. The van der Waals surface area contributed by atoms with E-state index in [0.717, 1.165) is 42.0 Å². The van der Waals surface area contributed by atoms with Gasteiger partial charge in [0.1, 0.15) is 4.60 Å². The van der Waals surface area contributed by atoms with E-state index in [9.17, 15) is 0 Å². The summed E-state index contributed by atoms with van der Waals surface area (Å²) in [5.41, 5.74) is 2.12. The molecule has 1 N–H and O–H groups in total. The Balaban J connectivity index is 2.24. The van der Waals surface area contributed by atoms with E-state index in [1.165, 1.54) is 6.42 Å². The molecule has 1 fully saturated rings. The van der Waals surface area contributed by atoms with Gasteiger partial charge in [-0.2, -0.15) is 0 Å². The quantitative estimate of drug-likeness (QED) is 0.634. The van der Waals surface area contributed by atoms with Crippen molar-refractivity contribution in [2.45, 2.75) is 13.3 Å². The van der Waals surface area contributed by atoms with Crippen LogP contribution in [-0.4, -0.2) is 31.2 Å². The highest BCUT2D eigenvalue weighted by molar-refractivity contribution is 9.10. The largest absolute Gasteiger partial charge is 0.369 e. The molecule has 1 aliphatic rings. The highest BCUT2D eigenvalue weighted by atomic mass is 79.9. The molecule has 1 saturated heterocycles. The number of hydrogen-bond acceptors (Lipinski definition) is 3. The Morgan fingerprint density at radius 1 is 1.41 bits per heavy atom. The van der Waals surface area contributed by atoms with Gasteiger partial charge in [0.05, 0.1) is 17.4 Å². The van der Waals surface area contributed by atoms with Gasteiger partial charge in [0.2, 0.25) is 0 Å². The molecule has 0 aromatic carbocycles. The van der Waals surface area contributed by atoms with E-state index in [-0.39, 0.29) is 0 Å². The summed E-state index contributed by atoms with van der Waals surface area (Å²) in [6.45, 7) is 6.08. The number of halogens is 1. The lowest BCUT2D eigenvalue weighted by molar-refractivity contribution is 0.724. The molecule has 2 heterocycles. The molecule has 0 spiro atoms. The molecule has 4 heteroatoms. The Kier molecular flexibility index (Phi) is 4.41. The van der Waals surface area contributed by atoms with Crippen LogP contribution in [0.1, 0.15) is 18.9 Å². The van der Waals surface area contributed by atoms with Gasteiger partial charge in [0, 0.05) is 19.6 Å². The molecule has 0 unspecified atom stereocenters. The summed E-state index contributed by atoms with van der Waals surface area (Å²) in [4.78, 5) is 6.72. The van der Waals surface area contributed by atoms with Crippen LogP contribution in [0, 0.1) is 11.8 Å². The molecule has 0 bridgehead atoms. The molecule has 0 radical (unpaired) electrons. The average Bonchev–Trinajstić information content (AvgIpc) is 2.61. The third-order valence-electron chi connectivity index (χ3n) is 2.79. The Labute approximate surface area is 111 Å². The standard InChI is InChI=1S/C13H16BrN3/c1-2-4-11-9-12(10-16-13(11)14)17-7-3-5-15-6-8-17/h9-10,15H,3,5-8H2,1H3. The Morgan fingerprint density at radius 3 is 3.12 bits per heavy atom. The fourth-order valence-electron chi connectivity index (χ4n) is 1.94. The fraction of sp³-hybridized carbons (Fsp3) is 0.462. The number of rotatable bonds is 1. The second-order valence-electron chi connectivity index (χ2n) is 4.00. The van der Waals surface area contributed by atoms with E-state index < -0.39 is 0 Å². The van der Waals surface area contributed by atoms with Crippen molar-refractivity contribution in [3.63, 3.8) is 0 Å². The highest BCUT2D eigenvalue weighted by Crippen LogP contribution is 2.20. The van der Waals surface area contributed by atoms with Gasteiger partial charge in [-0.1, -0.05) is 5.92 Å². The maximum Gasteiger partial charge on any atom is 0.121 e. The van der Waals surface area contributed by atoms with Crippen LogP contribution in [-0.2, 0) is 0 Å². The van der Waals surface area contributed by atoms with Gasteiger partial charge >= 0.3 is 0 Å². The normalized spacial score (nSPS) is 16.0. The van der Waals surface area contributed by atoms with Crippen molar-refractivity contribution in [1.29, 1.82) is 0 Å². The number of hydrogen-bond donors (Lipinski definition) is 1. The summed E-state index contributed by atoms with van der Waals surface area (Å²) in [6.07, 6.45) is 3.08. The van der Waals surface area contributed by atoms with Gasteiger partial charge in [-0.05, 0) is 41.9 Å². The van der Waals surface area contributed by atoms with Crippen LogP contribution < -0.4 is 10.2 Å². The van der Waals surface area contributed by atoms with Crippen molar-refractivity contribution in [2.24, 2.45) is 0 Å². The third kappa shape index (κ3) is 3.21. The Bertz CT molecular complexity index is 440. The van der Waals surface area contributed by atoms with Crippen LogP contribution in [0.3, 0.4) is 0 Å². The van der Waals surface area contributed by atoms with Crippen molar-refractivity contribution in [3.05, 3.63) is 22.4 Å². The average molecular weight is 294 g/mol. The lowest BCUT2D eigenvalue weighted by Crippen LogP contribution is -2.27. The van der Waals surface area contributed by atoms with Gasteiger partial charge in [-0.15, -0.1) is 5.92 Å². The molecule has 1 aromatic heterocycles. The molecular formula is C13H16BrN3. The number of aromatic nitrogens is 1. The summed E-state index contributed by atoms with van der Waals surface area (Å²) in [5.74, 6) is 5.99. The van der Waals surface area contributed by atoms with Gasteiger partial charge < -0.3 is 10.2 Å². The minimum absolute atomic E-state index is 0.823. The number of pyridine rings is 1. The lowest BCUT2D eigenvalue weighted by Gasteiger charge is -2.22. The topological polar surface area (TPSA) is 28.2 Å². The first-order valence-electron chi connectivity index (χ1n) is 5.85. The SMILES string of the molecule is CC#Cc1cc(N2CCCNCC2)cnc1Br. The zero-order valence-corrected chi connectivity index (χ0v) is 11.5. The van der Waals surface area contributed by atoms with Crippen molar-refractivity contribution in [3.8, 4) is 11.8 Å². The second-order valence-corrected chi connectivity index (χ2v) is 4.75. The minimum Gasteiger partial charge on any atom is -0.369 e. The maximum absolute atomic E-state index is 4.36. The van der Waals surface area contributed by atoms with E-state index in [4.69, 9.17) is 0 Å². The summed E-state index contributed by atoms with van der Waals surface area (Å²) >= 11 is 3.43. The summed E-state index contributed by atoms with van der Waals surface area (Å²) in [6, 6.07) is 2.11. The molecule has 1 aliphatic heterocycles. The van der Waals surface area contributed by atoms with E-state index in [1.54, 1.807) is 0 Å². The van der Waals surface area contributed by atoms with Crippen molar-refractivity contribution in [2.75, 3.05) is 31.1 Å². The van der Waals surface area contributed by atoms with Crippen LogP contribution in [0.4, 0.5) is 5.69 Å². The van der Waals surface area contributed by atoms with E-state index >= 15 is 0 Å². The summed E-state index contributed by atoms with van der Waals surface area (Å²) in [5, 5.41) is 3.40. The summed E-state index contributed by atoms with van der Waals surface area (Å²) < 4.78 is 0.823. The van der Waals surface area contributed by atoms with Crippen LogP contribution in [0.25, 0.3) is 0 Å². The zero-order valence-electron chi connectivity index (χ0n) is 9.96. The summed E-state index contributed by atoms with van der Waals surface area (Å²) in [7, 11) is 0. The van der Waals surface area contributed by atoms with Crippen LogP contribution in [0.5, 0.6) is 0 Å². The zero-order chi connectivity index (χ0) is 12.1. The second kappa shape index (κ2) is 6.04. The fourth-order valence-corrected chi connectivity index (χ4v) is 2.25. The van der Waals surface area contributed by atoms with Gasteiger partial charge in [0.25, 0.3) is 0 Å². The molecule has 0 atom stereocenters. The number of anilines is 1. The van der Waals surface area contributed by atoms with E-state index in [1.807, 2.05) is 13.1 Å². The Hall–Kier alpha value is -1.05. The van der Waals surface area contributed by atoms with Crippen molar-refractivity contribution in [1.82, 2.24) is 10.3 Å². The molecule has 17 heavy (non-hydrogen) atoms. The number of nitrogens with zero attached hydrogens (tertiary/aromatic N) is 2.